The van der Waals surface area contributed by atoms with Crippen molar-refractivity contribution in [3.8, 4) is 0 Å². The van der Waals surface area contributed by atoms with Gasteiger partial charge in [-0.2, -0.15) is 0 Å². The molecule has 0 aliphatic heterocycles. The molecular formula is C9H12O3S. The number of carboxylic acids is 1. The Morgan fingerprint density at radius 1 is 1.69 bits per heavy atom. The van der Waals surface area contributed by atoms with Gasteiger partial charge in [-0.3, -0.25) is 0 Å². The number of carbonyl (C=O) groups is 1. The van der Waals surface area contributed by atoms with E-state index in [2.05, 4.69) is 24.1 Å². The van der Waals surface area contributed by atoms with E-state index in [-0.39, 0.29) is 0 Å². The van der Waals surface area contributed by atoms with E-state index in [1.54, 1.807) is 11.3 Å². The summed E-state index contributed by atoms with van der Waals surface area (Å²) in [7, 11) is 0. The molecule has 2 N–H and O–H groups in total. The Morgan fingerprint density at radius 2 is 2.31 bits per heavy atom. The van der Waals surface area contributed by atoms with Crippen LogP contribution in [0.1, 0.15) is 4.88 Å². The van der Waals surface area contributed by atoms with Gasteiger partial charge in [0, 0.05) is 4.88 Å². The Kier molecular flexibility index (Phi) is 6.86. The lowest BCUT2D eigenvalue weighted by molar-refractivity contribution is -0.140. The Labute approximate surface area is 81.0 Å². The molecule has 0 atom stereocenters. The molecule has 0 fully saturated rings. The minimum Gasteiger partial charge on any atom is -0.480 e. The number of thiophene rings is 1. The summed E-state index contributed by atoms with van der Waals surface area (Å²) in [6.07, 6.45) is 2.93. The average Bonchev–Trinajstić information content (AvgIpc) is 2.59. The van der Waals surface area contributed by atoms with Gasteiger partial charge in [0.1, 0.15) is 6.61 Å². The summed E-state index contributed by atoms with van der Waals surface area (Å²) in [4.78, 5) is 10.5. The molecular weight excluding hydrogens is 188 g/mol. The Hall–Kier alpha value is -1.13. The first-order valence-corrected chi connectivity index (χ1v) is 4.54. The second-order valence-corrected chi connectivity index (χ2v) is 3.16. The second kappa shape index (κ2) is 7.52. The van der Waals surface area contributed by atoms with E-state index in [0.29, 0.717) is 0 Å². The fourth-order valence-corrected chi connectivity index (χ4v) is 1.27. The van der Waals surface area contributed by atoms with E-state index in [1.807, 2.05) is 6.08 Å². The molecule has 13 heavy (non-hydrogen) atoms. The fraction of sp³-hybridized carbons (Fsp3) is 0.222. The molecule has 0 saturated carbocycles. The number of hydrogen-bond acceptors (Lipinski definition) is 3. The maximum absolute atomic E-state index is 9.12. The smallest absolute Gasteiger partial charge is 0.329 e. The summed E-state index contributed by atoms with van der Waals surface area (Å²) in [5, 5.41) is 17.1. The molecule has 0 amide bonds. The van der Waals surface area contributed by atoms with Crippen LogP contribution in [0.4, 0.5) is 0 Å². The summed E-state index contributed by atoms with van der Waals surface area (Å²) in [6.45, 7) is 2.86. The van der Waals surface area contributed by atoms with Gasteiger partial charge in [-0.05, 0) is 17.9 Å². The van der Waals surface area contributed by atoms with Crippen molar-refractivity contribution < 1.29 is 15.0 Å². The van der Waals surface area contributed by atoms with Gasteiger partial charge in [-0.15, -0.1) is 17.9 Å². The molecule has 0 bridgehead atoms. The zero-order chi connectivity index (χ0) is 10.1. The number of rotatable bonds is 3. The first-order chi connectivity index (χ1) is 6.20. The second-order valence-electron chi connectivity index (χ2n) is 2.12. The van der Waals surface area contributed by atoms with Gasteiger partial charge in [0.2, 0.25) is 0 Å². The van der Waals surface area contributed by atoms with Gasteiger partial charge in [-0.1, -0.05) is 12.1 Å². The van der Waals surface area contributed by atoms with E-state index in [0.717, 1.165) is 6.42 Å². The molecule has 4 heteroatoms. The average molecular weight is 200 g/mol. The van der Waals surface area contributed by atoms with Crippen LogP contribution in [0, 0.1) is 0 Å². The molecule has 0 saturated heterocycles. The van der Waals surface area contributed by atoms with Crippen molar-refractivity contribution in [3.63, 3.8) is 0 Å². The lowest BCUT2D eigenvalue weighted by Gasteiger charge is -1.81. The van der Waals surface area contributed by atoms with Gasteiger partial charge in [0.15, 0.2) is 0 Å². The quantitative estimate of drug-likeness (QED) is 0.728. The van der Waals surface area contributed by atoms with E-state index in [1.165, 1.54) is 4.88 Å². The zero-order valence-electron chi connectivity index (χ0n) is 7.14. The normalized spacial score (nSPS) is 8.38. The van der Waals surface area contributed by atoms with Crippen LogP contribution in [-0.2, 0) is 11.2 Å². The molecule has 1 aromatic rings. The Bertz CT molecular complexity index is 241. The minimum absolute atomic E-state index is 0.778. The van der Waals surface area contributed by atoms with Crippen LogP contribution in [-0.4, -0.2) is 22.8 Å². The number of aliphatic hydroxyl groups excluding tert-OH is 1. The molecule has 0 unspecified atom stereocenters. The van der Waals surface area contributed by atoms with Gasteiger partial charge in [0.25, 0.3) is 0 Å². The SMILES string of the molecule is C=CCc1cccs1.O=C(O)CO. The highest BCUT2D eigenvalue weighted by Gasteiger charge is 1.84. The van der Waals surface area contributed by atoms with Crippen LogP contribution in [0.25, 0.3) is 0 Å². The van der Waals surface area contributed by atoms with Crippen molar-refractivity contribution in [1.29, 1.82) is 0 Å². The van der Waals surface area contributed by atoms with E-state index < -0.39 is 12.6 Å². The predicted molar refractivity (Wildman–Crippen MR) is 52.9 cm³/mol. The summed E-state index contributed by atoms with van der Waals surface area (Å²) in [6, 6.07) is 4.18. The number of hydrogen-bond donors (Lipinski definition) is 2. The minimum atomic E-state index is -1.19. The first-order valence-electron chi connectivity index (χ1n) is 3.66. The maximum atomic E-state index is 9.12. The van der Waals surface area contributed by atoms with Crippen molar-refractivity contribution >= 4 is 17.3 Å². The molecule has 0 aliphatic carbocycles. The van der Waals surface area contributed by atoms with E-state index in [4.69, 9.17) is 15.0 Å². The zero-order valence-corrected chi connectivity index (χ0v) is 7.96. The molecule has 0 aliphatic rings. The summed E-state index contributed by atoms with van der Waals surface area (Å²) in [5.74, 6) is -1.19. The van der Waals surface area contributed by atoms with E-state index in [9.17, 15) is 0 Å². The first kappa shape index (κ1) is 11.9. The highest BCUT2D eigenvalue weighted by molar-refractivity contribution is 7.09. The Balaban J connectivity index is 0.000000252. The highest BCUT2D eigenvalue weighted by atomic mass is 32.1. The van der Waals surface area contributed by atoms with Crippen molar-refractivity contribution in [2.24, 2.45) is 0 Å². The number of aliphatic carboxylic acids is 1. The van der Waals surface area contributed by atoms with Crippen LogP contribution in [0.3, 0.4) is 0 Å². The number of aliphatic hydroxyl groups is 1. The molecule has 0 radical (unpaired) electrons. The molecule has 72 valence electrons. The third-order valence-electron chi connectivity index (χ3n) is 1.06. The largest absolute Gasteiger partial charge is 0.480 e. The molecule has 0 spiro atoms. The van der Waals surface area contributed by atoms with Crippen LogP contribution in [0.5, 0.6) is 0 Å². The lowest BCUT2D eigenvalue weighted by Crippen LogP contribution is -1.98. The summed E-state index contributed by atoms with van der Waals surface area (Å²) < 4.78 is 0. The third kappa shape index (κ3) is 7.24. The molecule has 1 heterocycles. The standard InChI is InChI=1S/C7H8S.C2H4O3/c1-2-4-7-5-3-6-8-7;3-1-2(4)5/h2-3,5-6H,1,4H2;3H,1H2,(H,4,5). The summed E-state index contributed by atoms with van der Waals surface area (Å²) in [5.41, 5.74) is 0. The van der Waals surface area contributed by atoms with Crippen LogP contribution in [0.2, 0.25) is 0 Å². The highest BCUT2D eigenvalue weighted by Crippen LogP contribution is 2.08. The topological polar surface area (TPSA) is 57.5 Å². The van der Waals surface area contributed by atoms with Gasteiger partial charge < -0.3 is 10.2 Å². The van der Waals surface area contributed by atoms with Crippen molar-refractivity contribution in [2.45, 2.75) is 6.42 Å². The van der Waals surface area contributed by atoms with Crippen molar-refractivity contribution in [1.82, 2.24) is 0 Å². The third-order valence-corrected chi connectivity index (χ3v) is 1.96. The molecule has 3 nitrogen and oxygen atoms in total. The van der Waals surface area contributed by atoms with Crippen LogP contribution in [0.15, 0.2) is 30.2 Å². The monoisotopic (exact) mass is 200 g/mol. The predicted octanol–water partition coefficient (Wildman–Crippen LogP) is 1.54. The van der Waals surface area contributed by atoms with Crippen LogP contribution < -0.4 is 0 Å². The molecule has 1 aromatic heterocycles. The van der Waals surface area contributed by atoms with Crippen molar-refractivity contribution in [2.75, 3.05) is 6.61 Å². The van der Waals surface area contributed by atoms with Crippen molar-refractivity contribution in [3.05, 3.63) is 35.0 Å². The van der Waals surface area contributed by atoms with Gasteiger partial charge >= 0.3 is 5.97 Å². The number of carboxylic acid groups (broad SMARTS) is 1. The molecule has 0 aromatic carbocycles. The maximum Gasteiger partial charge on any atom is 0.329 e. The van der Waals surface area contributed by atoms with Gasteiger partial charge in [0.05, 0.1) is 0 Å². The lowest BCUT2D eigenvalue weighted by atomic mass is 10.3. The molecule has 1 rings (SSSR count). The number of allylic oxidation sites excluding steroid dienone is 1. The van der Waals surface area contributed by atoms with E-state index >= 15 is 0 Å². The van der Waals surface area contributed by atoms with Gasteiger partial charge in [-0.25, -0.2) is 4.79 Å². The summed E-state index contributed by atoms with van der Waals surface area (Å²) >= 11 is 1.78. The van der Waals surface area contributed by atoms with Crippen LogP contribution >= 0.6 is 11.3 Å². The fourth-order valence-electron chi connectivity index (χ4n) is 0.571. The Morgan fingerprint density at radius 3 is 2.62 bits per heavy atom.